The molecule has 0 aliphatic carbocycles. The fourth-order valence-corrected chi connectivity index (χ4v) is 0.695. The van der Waals surface area contributed by atoms with Gasteiger partial charge in [-0.05, 0) is 19.8 Å². The fourth-order valence-electron chi connectivity index (χ4n) is 0.695. The lowest BCUT2D eigenvalue weighted by molar-refractivity contribution is -0.145. The van der Waals surface area contributed by atoms with Gasteiger partial charge in [0.1, 0.15) is 0 Å². The summed E-state index contributed by atoms with van der Waals surface area (Å²) in [6.45, 7) is 6.87. The van der Waals surface area contributed by atoms with Crippen molar-refractivity contribution in [1.82, 2.24) is 0 Å². The van der Waals surface area contributed by atoms with Crippen molar-refractivity contribution in [3.63, 3.8) is 0 Å². The molecule has 10 heavy (non-hydrogen) atoms. The van der Waals surface area contributed by atoms with Gasteiger partial charge >= 0.3 is 5.97 Å². The van der Waals surface area contributed by atoms with Gasteiger partial charge in [0, 0.05) is 6.92 Å². The highest BCUT2D eigenvalue weighted by molar-refractivity contribution is 5.66. The van der Waals surface area contributed by atoms with Crippen molar-refractivity contribution in [2.24, 2.45) is 0 Å². The van der Waals surface area contributed by atoms with E-state index in [1.807, 2.05) is 13.0 Å². The topological polar surface area (TPSA) is 26.3 Å². The van der Waals surface area contributed by atoms with Crippen LogP contribution in [0.2, 0.25) is 0 Å². The van der Waals surface area contributed by atoms with Crippen LogP contribution < -0.4 is 0 Å². The summed E-state index contributed by atoms with van der Waals surface area (Å²) in [7, 11) is 0. The van der Waals surface area contributed by atoms with Gasteiger partial charge in [-0.3, -0.25) is 4.79 Å². The summed E-state index contributed by atoms with van der Waals surface area (Å²) in [5.41, 5.74) is 0. The van der Waals surface area contributed by atoms with E-state index in [4.69, 9.17) is 4.74 Å². The lowest BCUT2D eigenvalue weighted by Crippen LogP contribution is -2.11. The van der Waals surface area contributed by atoms with Crippen LogP contribution in [-0.2, 0) is 9.53 Å². The minimum atomic E-state index is -0.212. The first kappa shape index (κ1) is 9.21. The predicted octanol–water partition coefficient (Wildman–Crippen LogP) is 1.90. The zero-order valence-electron chi connectivity index (χ0n) is 6.59. The van der Waals surface area contributed by atoms with E-state index < -0.39 is 0 Å². The Labute approximate surface area is 61.9 Å². The molecule has 0 saturated heterocycles. The maximum Gasteiger partial charge on any atom is 0.302 e. The second-order valence-corrected chi connectivity index (χ2v) is 2.29. The van der Waals surface area contributed by atoms with Gasteiger partial charge in [-0.2, -0.15) is 0 Å². The van der Waals surface area contributed by atoms with E-state index >= 15 is 0 Å². The number of rotatable bonds is 4. The molecule has 58 valence electrons. The molecule has 0 aromatic carbocycles. The molecule has 0 aliphatic heterocycles. The van der Waals surface area contributed by atoms with Gasteiger partial charge in [0.25, 0.3) is 0 Å². The number of carbonyl (C=O) groups is 1. The Morgan fingerprint density at radius 2 is 2.40 bits per heavy atom. The smallest absolute Gasteiger partial charge is 0.302 e. The number of ether oxygens (including phenoxy) is 1. The number of carbonyl (C=O) groups excluding carboxylic acids is 1. The van der Waals surface area contributed by atoms with Gasteiger partial charge in [0.15, 0.2) is 0 Å². The fraction of sp³-hybridized carbons (Fsp3) is 0.625. The molecular formula is C8H14O2. The predicted molar refractivity (Wildman–Crippen MR) is 40.7 cm³/mol. The Bertz CT molecular complexity index is 118. The van der Waals surface area contributed by atoms with Crippen LogP contribution in [-0.4, -0.2) is 12.1 Å². The van der Waals surface area contributed by atoms with E-state index in [0.29, 0.717) is 0 Å². The number of hydrogen-bond donors (Lipinski definition) is 0. The summed E-state index contributed by atoms with van der Waals surface area (Å²) in [5.74, 6) is -0.212. The molecular weight excluding hydrogens is 128 g/mol. The SMILES string of the molecule is C=CCC[C@H](C)OC(C)=O. The van der Waals surface area contributed by atoms with Gasteiger partial charge in [-0.1, -0.05) is 6.08 Å². The van der Waals surface area contributed by atoms with E-state index in [1.165, 1.54) is 6.92 Å². The number of allylic oxidation sites excluding steroid dienone is 1. The normalized spacial score (nSPS) is 12.2. The average Bonchev–Trinajstić information content (AvgIpc) is 1.82. The van der Waals surface area contributed by atoms with Crippen LogP contribution in [0.1, 0.15) is 26.7 Å². The Kier molecular flexibility index (Phi) is 4.63. The molecule has 0 spiro atoms. The van der Waals surface area contributed by atoms with Gasteiger partial charge in [0.05, 0.1) is 6.10 Å². The van der Waals surface area contributed by atoms with Gasteiger partial charge in [0.2, 0.25) is 0 Å². The summed E-state index contributed by atoms with van der Waals surface area (Å²) in [4.78, 5) is 10.4. The number of hydrogen-bond acceptors (Lipinski definition) is 2. The van der Waals surface area contributed by atoms with Crippen molar-refractivity contribution >= 4 is 5.97 Å². The summed E-state index contributed by atoms with van der Waals surface area (Å²) in [6.07, 6.45) is 3.60. The van der Waals surface area contributed by atoms with Crippen molar-refractivity contribution in [3.05, 3.63) is 12.7 Å². The summed E-state index contributed by atoms with van der Waals surface area (Å²) >= 11 is 0. The first-order chi connectivity index (χ1) is 4.66. The van der Waals surface area contributed by atoms with E-state index in [9.17, 15) is 4.79 Å². The lowest BCUT2D eigenvalue weighted by atomic mass is 10.2. The lowest BCUT2D eigenvalue weighted by Gasteiger charge is -2.09. The van der Waals surface area contributed by atoms with Gasteiger partial charge in [-0.15, -0.1) is 6.58 Å². The molecule has 0 saturated carbocycles. The molecule has 0 rings (SSSR count). The minimum absolute atomic E-state index is 0.0236. The third-order valence-electron chi connectivity index (χ3n) is 1.14. The van der Waals surface area contributed by atoms with Crippen molar-refractivity contribution in [2.75, 3.05) is 0 Å². The third-order valence-corrected chi connectivity index (χ3v) is 1.14. The van der Waals surface area contributed by atoms with Crippen molar-refractivity contribution in [2.45, 2.75) is 32.8 Å². The molecule has 0 aromatic heterocycles. The maximum atomic E-state index is 10.4. The molecule has 0 unspecified atom stereocenters. The quantitative estimate of drug-likeness (QED) is 0.442. The highest BCUT2D eigenvalue weighted by Crippen LogP contribution is 2.01. The first-order valence-corrected chi connectivity index (χ1v) is 3.45. The molecule has 1 atom stereocenters. The molecule has 0 heterocycles. The Balaban J connectivity index is 3.33. The molecule has 0 radical (unpaired) electrons. The largest absolute Gasteiger partial charge is 0.463 e. The molecule has 0 aromatic rings. The third kappa shape index (κ3) is 5.35. The Morgan fingerprint density at radius 1 is 1.80 bits per heavy atom. The second kappa shape index (κ2) is 5.03. The van der Waals surface area contributed by atoms with E-state index in [1.54, 1.807) is 0 Å². The minimum Gasteiger partial charge on any atom is -0.463 e. The molecule has 0 N–H and O–H groups in total. The molecule has 0 fully saturated rings. The molecule has 2 heteroatoms. The van der Waals surface area contributed by atoms with Crippen LogP contribution in [0.4, 0.5) is 0 Å². The van der Waals surface area contributed by atoms with Crippen LogP contribution in [0.15, 0.2) is 12.7 Å². The molecule has 0 aliphatic rings. The summed E-state index contributed by atoms with van der Waals surface area (Å²) in [5, 5.41) is 0. The van der Waals surface area contributed by atoms with Crippen molar-refractivity contribution < 1.29 is 9.53 Å². The van der Waals surface area contributed by atoms with Crippen LogP contribution in [0.25, 0.3) is 0 Å². The van der Waals surface area contributed by atoms with E-state index in [-0.39, 0.29) is 12.1 Å². The monoisotopic (exact) mass is 142 g/mol. The van der Waals surface area contributed by atoms with Crippen molar-refractivity contribution in [1.29, 1.82) is 0 Å². The van der Waals surface area contributed by atoms with Crippen LogP contribution in [0.5, 0.6) is 0 Å². The highest BCUT2D eigenvalue weighted by Gasteiger charge is 2.02. The molecule has 0 bridgehead atoms. The average molecular weight is 142 g/mol. The molecule has 0 amide bonds. The van der Waals surface area contributed by atoms with Crippen LogP contribution >= 0.6 is 0 Å². The summed E-state index contributed by atoms with van der Waals surface area (Å²) < 4.78 is 4.87. The molecule has 2 nitrogen and oxygen atoms in total. The van der Waals surface area contributed by atoms with Crippen LogP contribution in [0, 0.1) is 0 Å². The van der Waals surface area contributed by atoms with E-state index in [2.05, 4.69) is 6.58 Å². The Hall–Kier alpha value is -0.790. The van der Waals surface area contributed by atoms with Gasteiger partial charge in [-0.25, -0.2) is 0 Å². The summed E-state index contributed by atoms with van der Waals surface area (Å²) in [6, 6.07) is 0. The number of esters is 1. The van der Waals surface area contributed by atoms with Crippen LogP contribution in [0.3, 0.4) is 0 Å². The highest BCUT2D eigenvalue weighted by atomic mass is 16.5. The first-order valence-electron chi connectivity index (χ1n) is 3.45. The maximum absolute atomic E-state index is 10.4. The van der Waals surface area contributed by atoms with Crippen molar-refractivity contribution in [3.8, 4) is 0 Å². The second-order valence-electron chi connectivity index (χ2n) is 2.29. The van der Waals surface area contributed by atoms with Gasteiger partial charge < -0.3 is 4.74 Å². The Morgan fingerprint density at radius 3 is 2.80 bits per heavy atom. The zero-order chi connectivity index (χ0) is 7.98. The standard InChI is InChI=1S/C8H14O2/c1-4-5-6-7(2)10-8(3)9/h4,7H,1,5-6H2,2-3H3/t7-/m0/s1. The zero-order valence-corrected chi connectivity index (χ0v) is 6.59. The van der Waals surface area contributed by atoms with E-state index in [0.717, 1.165) is 12.8 Å².